The van der Waals surface area contributed by atoms with Crippen LogP contribution in [0.1, 0.15) is 17.3 Å². The van der Waals surface area contributed by atoms with E-state index in [0.29, 0.717) is 0 Å². The van der Waals surface area contributed by atoms with Crippen LogP contribution in [0.25, 0.3) is 11.1 Å². The highest BCUT2D eigenvalue weighted by Gasteiger charge is 2.07. The molecule has 0 aliphatic rings. The fraction of sp³-hybridized carbons (Fsp3) is 0.133. The first-order valence-corrected chi connectivity index (χ1v) is 5.60. The Hall–Kier alpha value is -2.09. The van der Waals surface area contributed by atoms with E-state index in [-0.39, 0.29) is 5.78 Å². The zero-order valence-electron chi connectivity index (χ0n) is 10.0. The average Bonchev–Trinajstić information content (AvgIpc) is 2.39. The number of anilines is 1. The third-order valence-electron chi connectivity index (χ3n) is 2.79. The van der Waals surface area contributed by atoms with Gasteiger partial charge in [0, 0.05) is 18.3 Å². The molecule has 0 bridgehead atoms. The van der Waals surface area contributed by atoms with Gasteiger partial charge in [-0.05, 0) is 30.2 Å². The highest BCUT2D eigenvalue weighted by atomic mass is 16.1. The summed E-state index contributed by atoms with van der Waals surface area (Å²) in [5.41, 5.74) is 3.89. The summed E-state index contributed by atoms with van der Waals surface area (Å²) in [6.07, 6.45) is 0. The summed E-state index contributed by atoms with van der Waals surface area (Å²) in [4.78, 5) is 11.6. The standard InChI is InChI=1S/C15H15NO/c1-11(17)14-5-3-4-6-15(14)12-7-9-13(16-2)10-8-12/h3-10,16H,1-2H3. The smallest absolute Gasteiger partial charge is 0.160 e. The maximum absolute atomic E-state index is 11.6. The molecule has 17 heavy (non-hydrogen) atoms. The minimum Gasteiger partial charge on any atom is -0.388 e. The first kappa shape index (κ1) is 11.4. The average molecular weight is 225 g/mol. The van der Waals surface area contributed by atoms with Crippen molar-refractivity contribution < 1.29 is 4.79 Å². The van der Waals surface area contributed by atoms with E-state index in [0.717, 1.165) is 22.4 Å². The van der Waals surface area contributed by atoms with Crippen molar-refractivity contribution in [2.45, 2.75) is 6.92 Å². The van der Waals surface area contributed by atoms with Gasteiger partial charge in [0.15, 0.2) is 5.78 Å². The van der Waals surface area contributed by atoms with E-state index in [1.165, 1.54) is 0 Å². The van der Waals surface area contributed by atoms with E-state index < -0.39 is 0 Å². The second-order valence-corrected chi connectivity index (χ2v) is 3.93. The minimum absolute atomic E-state index is 0.0956. The number of carbonyl (C=O) groups excluding carboxylic acids is 1. The maximum atomic E-state index is 11.6. The van der Waals surface area contributed by atoms with Gasteiger partial charge in [0.05, 0.1) is 0 Å². The lowest BCUT2D eigenvalue weighted by Crippen LogP contribution is -1.95. The second-order valence-electron chi connectivity index (χ2n) is 3.93. The first-order chi connectivity index (χ1) is 8.22. The van der Waals surface area contributed by atoms with Crippen LogP contribution in [-0.4, -0.2) is 12.8 Å². The van der Waals surface area contributed by atoms with Crippen molar-refractivity contribution in [2.24, 2.45) is 0 Å². The van der Waals surface area contributed by atoms with Crippen LogP contribution in [0.2, 0.25) is 0 Å². The number of Topliss-reactive ketones (excluding diaryl/α,β-unsaturated/α-hetero) is 1. The molecule has 86 valence electrons. The number of carbonyl (C=O) groups is 1. The quantitative estimate of drug-likeness (QED) is 0.809. The molecule has 2 aromatic carbocycles. The second kappa shape index (κ2) is 4.83. The summed E-state index contributed by atoms with van der Waals surface area (Å²) >= 11 is 0. The molecule has 0 atom stereocenters. The predicted octanol–water partition coefficient (Wildman–Crippen LogP) is 3.60. The molecule has 0 heterocycles. The first-order valence-electron chi connectivity index (χ1n) is 5.60. The fourth-order valence-electron chi connectivity index (χ4n) is 1.86. The fourth-order valence-corrected chi connectivity index (χ4v) is 1.86. The Morgan fingerprint density at radius 1 is 1.00 bits per heavy atom. The molecular weight excluding hydrogens is 210 g/mol. The van der Waals surface area contributed by atoms with Gasteiger partial charge in [0.2, 0.25) is 0 Å². The van der Waals surface area contributed by atoms with E-state index in [9.17, 15) is 4.79 Å². The molecule has 0 aliphatic carbocycles. The molecular formula is C15H15NO. The molecule has 2 nitrogen and oxygen atoms in total. The zero-order chi connectivity index (χ0) is 12.3. The van der Waals surface area contributed by atoms with Crippen LogP contribution in [0.4, 0.5) is 5.69 Å². The molecule has 0 spiro atoms. The van der Waals surface area contributed by atoms with Crippen LogP contribution in [0.5, 0.6) is 0 Å². The van der Waals surface area contributed by atoms with Gasteiger partial charge < -0.3 is 5.32 Å². The normalized spacial score (nSPS) is 10.0. The van der Waals surface area contributed by atoms with Crippen molar-refractivity contribution in [3.05, 3.63) is 54.1 Å². The monoisotopic (exact) mass is 225 g/mol. The van der Waals surface area contributed by atoms with Crippen molar-refractivity contribution >= 4 is 11.5 Å². The van der Waals surface area contributed by atoms with Crippen LogP contribution in [0, 0.1) is 0 Å². The van der Waals surface area contributed by atoms with Crippen LogP contribution in [0.15, 0.2) is 48.5 Å². The molecule has 2 aromatic rings. The highest BCUT2D eigenvalue weighted by molar-refractivity contribution is 6.00. The van der Waals surface area contributed by atoms with Crippen molar-refractivity contribution in [1.82, 2.24) is 0 Å². The van der Waals surface area contributed by atoms with E-state index in [1.54, 1.807) is 6.92 Å². The summed E-state index contributed by atoms with van der Waals surface area (Å²) in [6, 6.07) is 15.7. The molecule has 0 unspecified atom stereocenters. The van der Waals surface area contributed by atoms with Crippen molar-refractivity contribution in [1.29, 1.82) is 0 Å². The number of rotatable bonds is 3. The molecule has 0 saturated carbocycles. The van der Waals surface area contributed by atoms with Gasteiger partial charge in [0.25, 0.3) is 0 Å². The third kappa shape index (κ3) is 2.36. The molecule has 2 rings (SSSR count). The third-order valence-corrected chi connectivity index (χ3v) is 2.79. The molecule has 2 heteroatoms. The number of hydrogen-bond acceptors (Lipinski definition) is 2. The largest absolute Gasteiger partial charge is 0.388 e. The lowest BCUT2D eigenvalue weighted by Gasteiger charge is -2.08. The molecule has 1 N–H and O–H groups in total. The zero-order valence-corrected chi connectivity index (χ0v) is 10.0. The Labute approximate surface area is 101 Å². The lowest BCUT2D eigenvalue weighted by molar-refractivity contribution is 0.101. The maximum Gasteiger partial charge on any atom is 0.160 e. The van der Waals surface area contributed by atoms with Gasteiger partial charge in [-0.25, -0.2) is 0 Å². The van der Waals surface area contributed by atoms with E-state index in [2.05, 4.69) is 5.32 Å². The number of nitrogens with one attached hydrogen (secondary N) is 1. The Balaban J connectivity index is 2.48. The van der Waals surface area contributed by atoms with Crippen molar-refractivity contribution in [3.63, 3.8) is 0 Å². The van der Waals surface area contributed by atoms with Crippen LogP contribution in [-0.2, 0) is 0 Å². The minimum atomic E-state index is 0.0956. The van der Waals surface area contributed by atoms with Crippen LogP contribution in [0.3, 0.4) is 0 Å². The molecule has 0 fully saturated rings. The van der Waals surface area contributed by atoms with Crippen molar-refractivity contribution in [2.75, 3.05) is 12.4 Å². The van der Waals surface area contributed by atoms with Gasteiger partial charge >= 0.3 is 0 Å². The Morgan fingerprint density at radius 2 is 1.65 bits per heavy atom. The predicted molar refractivity (Wildman–Crippen MR) is 71.4 cm³/mol. The van der Waals surface area contributed by atoms with E-state index in [1.807, 2.05) is 55.6 Å². The Bertz CT molecular complexity index is 529. The van der Waals surface area contributed by atoms with Gasteiger partial charge in [-0.3, -0.25) is 4.79 Å². The van der Waals surface area contributed by atoms with Gasteiger partial charge in [-0.15, -0.1) is 0 Å². The topological polar surface area (TPSA) is 29.1 Å². The van der Waals surface area contributed by atoms with E-state index >= 15 is 0 Å². The summed E-state index contributed by atoms with van der Waals surface area (Å²) in [7, 11) is 1.89. The molecule has 0 radical (unpaired) electrons. The van der Waals surface area contributed by atoms with Gasteiger partial charge in [-0.2, -0.15) is 0 Å². The summed E-state index contributed by atoms with van der Waals surface area (Å²) in [6.45, 7) is 1.60. The van der Waals surface area contributed by atoms with Gasteiger partial charge in [-0.1, -0.05) is 36.4 Å². The molecule has 0 aliphatic heterocycles. The number of hydrogen-bond donors (Lipinski definition) is 1. The summed E-state index contributed by atoms with van der Waals surface area (Å²) in [5, 5.41) is 3.08. The van der Waals surface area contributed by atoms with Crippen LogP contribution < -0.4 is 5.32 Å². The van der Waals surface area contributed by atoms with Gasteiger partial charge in [0.1, 0.15) is 0 Å². The Morgan fingerprint density at radius 3 is 2.24 bits per heavy atom. The summed E-state index contributed by atoms with van der Waals surface area (Å²) in [5.74, 6) is 0.0956. The van der Waals surface area contributed by atoms with Crippen molar-refractivity contribution in [3.8, 4) is 11.1 Å². The van der Waals surface area contributed by atoms with E-state index in [4.69, 9.17) is 0 Å². The summed E-state index contributed by atoms with van der Waals surface area (Å²) < 4.78 is 0. The SMILES string of the molecule is CNc1ccc(-c2ccccc2C(C)=O)cc1. The molecule has 0 saturated heterocycles. The Kier molecular flexibility index (Phi) is 3.24. The lowest BCUT2D eigenvalue weighted by atomic mass is 9.97. The number of ketones is 1. The molecule has 0 aromatic heterocycles. The van der Waals surface area contributed by atoms with Crippen LogP contribution >= 0.6 is 0 Å². The number of benzene rings is 2. The molecule has 0 amide bonds. The highest BCUT2D eigenvalue weighted by Crippen LogP contribution is 2.25.